The molecule has 19 heavy (non-hydrogen) atoms. The van der Waals surface area contributed by atoms with E-state index in [2.05, 4.69) is 24.2 Å². The van der Waals surface area contributed by atoms with E-state index < -0.39 is 5.97 Å². The quantitative estimate of drug-likeness (QED) is 0.731. The van der Waals surface area contributed by atoms with Crippen molar-refractivity contribution in [3.8, 4) is 0 Å². The van der Waals surface area contributed by atoms with Crippen molar-refractivity contribution >= 4 is 12.0 Å². The molecule has 1 saturated heterocycles. The first kappa shape index (κ1) is 15.8. The molecule has 0 radical (unpaired) electrons. The molecule has 0 saturated carbocycles. The number of aliphatic carboxylic acids is 1. The summed E-state index contributed by atoms with van der Waals surface area (Å²) in [4.78, 5) is 26.5. The topological polar surface area (TPSA) is 72.9 Å². The summed E-state index contributed by atoms with van der Waals surface area (Å²) >= 11 is 0. The molecule has 1 heterocycles. The number of likely N-dealkylation sites (N-methyl/N-ethyl adjacent to an activating group) is 1. The number of nitrogens with zero attached hydrogens (tertiary/aromatic N) is 2. The average molecular weight is 271 g/mol. The maximum atomic E-state index is 12.0. The second-order valence-corrected chi connectivity index (χ2v) is 5.24. The molecule has 2 amide bonds. The Morgan fingerprint density at radius 1 is 1.32 bits per heavy atom. The molecule has 0 bridgehead atoms. The van der Waals surface area contributed by atoms with Gasteiger partial charge < -0.3 is 20.2 Å². The van der Waals surface area contributed by atoms with E-state index >= 15 is 0 Å². The van der Waals surface area contributed by atoms with Crippen molar-refractivity contribution in [1.29, 1.82) is 0 Å². The molecule has 6 nitrogen and oxygen atoms in total. The van der Waals surface area contributed by atoms with Crippen LogP contribution in [-0.2, 0) is 4.79 Å². The van der Waals surface area contributed by atoms with Crippen LogP contribution in [0.15, 0.2) is 0 Å². The summed E-state index contributed by atoms with van der Waals surface area (Å²) < 4.78 is 0. The predicted molar refractivity (Wildman–Crippen MR) is 73.2 cm³/mol. The van der Waals surface area contributed by atoms with Crippen molar-refractivity contribution in [2.24, 2.45) is 0 Å². The number of hydrogen-bond donors (Lipinski definition) is 2. The predicted octanol–water partition coefficient (Wildman–Crippen LogP) is 0.977. The van der Waals surface area contributed by atoms with E-state index in [4.69, 9.17) is 5.11 Å². The van der Waals surface area contributed by atoms with Gasteiger partial charge in [0.05, 0.1) is 0 Å². The summed E-state index contributed by atoms with van der Waals surface area (Å²) in [6, 6.07) is 0.185. The highest BCUT2D eigenvalue weighted by Crippen LogP contribution is 2.08. The standard InChI is InChI=1S/C13H25N3O3/c1-11-10-15(2)8-5-9-16(11)13(19)14-7-4-3-6-12(17)18/h11H,3-10H2,1-2H3,(H,14,19)(H,17,18). The summed E-state index contributed by atoms with van der Waals surface area (Å²) in [5.74, 6) is -0.782. The molecule has 6 heteroatoms. The maximum absolute atomic E-state index is 12.0. The Bertz CT molecular complexity index is 310. The minimum absolute atomic E-state index is 0.0295. The number of carboxylic acids is 1. The number of unbranched alkanes of at least 4 members (excludes halogenated alkanes) is 1. The Morgan fingerprint density at radius 2 is 2.05 bits per heavy atom. The van der Waals surface area contributed by atoms with Crippen LogP contribution in [0.2, 0.25) is 0 Å². The van der Waals surface area contributed by atoms with Crippen LogP contribution in [0.25, 0.3) is 0 Å². The van der Waals surface area contributed by atoms with Crippen molar-refractivity contribution < 1.29 is 14.7 Å². The average Bonchev–Trinajstić information content (AvgIpc) is 2.49. The second kappa shape index (κ2) is 7.99. The number of amides is 2. The molecular weight excluding hydrogens is 246 g/mol. The number of urea groups is 1. The zero-order chi connectivity index (χ0) is 14.3. The highest BCUT2D eigenvalue weighted by molar-refractivity contribution is 5.74. The van der Waals surface area contributed by atoms with Crippen LogP contribution in [0, 0.1) is 0 Å². The van der Waals surface area contributed by atoms with E-state index in [0.717, 1.165) is 26.1 Å². The lowest BCUT2D eigenvalue weighted by atomic mass is 10.2. The van der Waals surface area contributed by atoms with Gasteiger partial charge in [-0.05, 0) is 39.8 Å². The van der Waals surface area contributed by atoms with Gasteiger partial charge in [-0.1, -0.05) is 0 Å². The van der Waals surface area contributed by atoms with Crippen LogP contribution >= 0.6 is 0 Å². The molecule has 1 aliphatic heterocycles. The second-order valence-electron chi connectivity index (χ2n) is 5.24. The van der Waals surface area contributed by atoms with Crippen molar-refractivity contribution in [2.75, 3.05) is 33.2 Å². The van der Waals surface area contributed by atoms with Crippen LogP contribution in [0.4, 0.5) is 4.79 Å². The summed E-state index contributed by atoms with van der Waals surface area (Å²) in [6.45, 7) is 5.31. The van der Waals surface area contributed by atoms with Crippen molar-refractivity contribution in [1.82, 2.24) is 15.1 Å². The molecule has 1 aliphatic rings. The van der Waals surface area contributed by atoms with Gasteiger partial charge in [0.1, 0.15) is 0 Å². The highest BCUT2D eigenvalue weighted by Gasteiger charge is 2.23. The van der Waals surface area contributed by atoms with Crippen LogP contribution in [0.5, 0.6) is 0 Å². The van der Waals surface area contributed by atoms with Crippen molar-refractivity contribution in [3.05, 3.63) is 0 Å². The van der Waals surface area contributed by atoms with Crippen molar-refractivity contribution in [2.45, 2.75) is 38.6 Å². The number of hydrogen-bond acceptors (Lipinski definition) is 3. The molecule has 2 N–H and O–H groups in total. The number of rotatable bonds is 5. The molecule has 1 unspecified atom stereocenters. The lowest BCUT2D eigenvalue weighted by Gasteiger charge is -2.28. The molecule has 110 valence electrons. The van der Waals surface area contributed by atoms with E-state index in [1.165, 1.54) is 0 Å². The zero-order valence-corrected chi connectivity index (χ0v) is 11.9. The third-order valence-electron chi connectivity index (χ3n) is 3.40. The lowest BCUT2D eigenvalue weighted by molar-refractivity contribution is -0.137. The lowest BCUT2D eigenvalue weighted by Crippen LogP contribution is -2.47. The van der Waals surface area contributed by atoms with Gasteiger partial charge in [0, 0.05) is 32.1 Å². The first-order valence-corrected chi connectivity index (χ1v) is 6.95. The smallest absolute Gasteiger partial charge is 0.317 e. The third kappa shape index (κ3) is 5.92. The molecule has 0 aliphatic carbocycles. The van der Waals surface area contributed by atoms with E-state index in [1.54, 1.807) is 0 Å². The Kier molecular flexibility index (Phi) is 6.62. The fourth-order valence-corrected chi connectivity index (χ4v) is 2.37. The summed E-state index contributed by atoms with van der Waals surface area (Å²) in [5.41, 5.74) is 0. The highest BCUT2D eigenvalue weighted by atomic mass is 16.4. The Morgan fingerprint density at radius 3 is 2.74 bits per heavy atom. The van der Waals surface area contributed by atoms with Crippen LogP contribution in [-0.4, -0.2) is 66.2 Å². The molecule has 0 spiro atoms. The van der Waals surface area contributed by atoms with Gasteiger partial charge in [0.15, 0.2) is 0 Å². The van der Waals surface area contributed by atoms with Gasteiger partial charge in [0.2, 0.25) is 0 Å². The van der Waals surface area contributed by atoms with Gasteiger partial charge in [-0.3, -0.25) is 4.79 Å². The Labute approximate surface area is 114 Å². The van der Waals surface area contributed by atoms with E-state index in [1.807, 2.05) is 4.90 Å². The van der Waals surface area contributed by atoms with E-state index in [0.29, 0.717) is 19.4 Å². The number of carbonyl (C=O) groups is 2. The zero-order valence-electron chi connectivity index (χ0n) is 11.9. The molecule has 0 aromatic carbocycles. The summed E-state index contributed by atoms with van der Waals surface area (Å²) in [5, 5.41) is 11.4. The largest absolute Gasteiger partial charge is 0.481 e. The normalized spacial score (nSPS) is 20.9. The van der Waals surface area contributed by atoms with Crippen molar-refractivity contribution in [3.63, 3.8) is 0 Å². The fraction of sp³-hybridized carbons (Fsp3) is 0.846. The monoisotopic (exact) mass is 271 g/mol. The van der Waals surface area contributed by atoms with Gasteiger partial charge in [-0.25, -0.2) is 4.79 Å². The molecule has 1 rings (SSSR count). The molecule has 0 aromatic rings. The molecule has 0 aromatic heterocycles. The van der Waals surface area contributed by atoms with Crippen LogP contribution in [0.3, 0.4) is 0 Å². The summed E-state index contributed by atoms with van der Waals surface area (Å²) in [6.07, 6.45) is 2.47. The molecule has 1 fully saturated rings. The van der Waals surface area contributed by atoms with Gasteiger partial charge in [0.25, 0.3) is 0 Å². The molecular formula is C13H25N3O3. The van der Waals surface area contributed by atoms with Crippen LogP contribution < -0.4 is 5.32 Å². The summed E-state index contributed by atoms with van der Waals surface area (Å²) in [7, 11) is 2.07. The first-order valence-electron chi connectivity index (χ1n) is 6.95. The minimum atomic E-state index is -0.782. The Balaban J connectivity index is 2.26. The van der Waals surface area contributed by atoms with Gasteiger partial charge >= 0.3 is 12.0 Å². The maximum Gasteiger partial charge on any atom is 0.317 e. The molecule has 1 atom stereocenters. The third-order valence-corrected chi connectivity index (χ3v) is 3.40. The van der Waals surface area contributed by atoms with E-state index in [9.17, 15) is 9.59 Å². The first-order chi connectivity index (χ1) is 9.00. The number of carbonyl (C=O) groups excluding carboxylic acids is 1. The number of carboxylic acid groups (broad SMARTS) is 1. The minimum Gasteiger partial charge on any atom is -0.481 e. The van der Waals surface area contributed by atoms with E-state index in [-0.39, 0.29) is 18.5 Å². The fourth-order valence-electron chi connectivity index (χ4n) is 2.37. The number of nitrogens with one attached hydrogen (secondary N) is 1. The SMILES string of the molecule is CC1CN(C)CCCN1C(=O)NCCCCC(=O)O. The van der Waals surface area contributed by atoms with Crippen LogP contribution in [0.1, 0.15) is 32.6 Å². The van der Waals surface area contributed by atoms with Gasteiger partial charge in [-0.2, -0.15) is 0 Å². The Hall–Kier alpha value is -1.30. The van der Waals surface area contributed by atoms with Gasteiger partial charge in [-0.15, -0.1) is 0 Å².